The van der Waals surface area contributed by atoms with Gasteiger partial charge in [0.05, 0.1) is 11.5 Å². The summed E-state index contributed by atoms with van der Waals surface area (Å²) in [6, 6.07) is 10.3. The number of pyridine rings is 1. The number of unbranched alkanes of at least 4 members (excludes halogenated alkanes) is 1. The number of ether oxygens (including phenoxy) is 2. The predicted octanol–water partition coefficient (Wildman–Crippen LogP) is 3.37. The van der Waals surface area contributed by atoms with Gasteiger partial charge in [0, 0.05) is 43.1 Å². The fraction of sp³-hybridized carbons (Fsp3) is 0.391. The third-order valence-electron chi connectivity index (χ3n) is 5.11. The molecule has 0 spiro atoms. The standard InChI is InChI=1S/C23H27ClN4O6/c24-18-5-3-16(4-6-18)17-13-20(34-22(14-17)33-12-2-1-11-29)23(30)26-10-9-25-21-8-7-19(15-27-21)28(31)32/h3-8,13,15,17,22,29H,1-2,9-12,14H2,(H,25,27)(H,26,30)/t17-,22+/m1/s1. The fourth-order valence-electron chi connectivity index (χ4n) is 3.34. The number of aliphatic hydroxyl groups is 1. The Morgan fingerprint density at radius 1 is 1.24 bits per heavy atom. The summed E-state index contributed by atoms with van der Waals surface area (Å²) in [4.78, 5) is 26.9. The third kappa shape index (κ3) is 7.68. The van der Waals surface area contributed by atoms with Crippen LogP contribution in [0.1, 0.15) is 30.7 Å². The van der Waals surface area contributed by atoms with Crippen molar-refractivity contribution < 1.29 is 24.3 Å². The minimum atomic E-state index is -0.590. The van der Waals surface area contributed by atoms with Gasteiger partial charge in [0.15, 0.2) is 5.76 Å². The lowest BCUT2D eigenvalue weighted by molar-refractivity contribution is -0.385. The second-order valence-corrected chi connectivity index (χ2v) is 8.05. The van der Waals surface area contributed by atoms with Gasteiger partial charge in [0.2, 0.25) is 6.29 Å². The maximum absolute atomic E-state index is 12.7. The number of allylic oxidation sites excluding steroid dienone is 1. The normalized spacial score (nSPS) is 17.4. The summed E-state index contributed by atoms with van der Waals surface area (Å²) in [5, 5.41) is 26.0. The fourth-order valence-corrected chi connectivity index (χ4v) is 3.47. The first-order valence-electron chi connectivity index (χ1n) is 10.9. The van der Waals surface area contributed by atoms with Gasteiger partial charge in [-0.3, -0.25) is 14.9 Å². The number of nitrogens with zero attached hydrogens (tertiary/aromatic N) is 2. The molecule has 0 saturated heterocycles. The van der Waals surface area contributed by atoms with E-state index in [1.807, 2.05) is 12.1 Å². The molecule has 1 aromatic heterocycles. The Labute approximate surface area is 202 Å². The van der Waals surface area contributed by atoms with Crippen LogP contribution in [0, 0.1) is 10.1 Å². The Balaban J connectivity index is 1.56. The van der Waals surface area contributed by atoms with Gasteiger partial charge in [-0.2, -0.15) is 0 Å². The number of benzene rings is 1. The van der Waals surface area contributed by atoms with E-state index in [2.05, 4.69) is 15.6 Å². The highest BCUT2D eigenvalue weighted by molar-refractivity contribution is 6.30. The van der Waals surface area contributed by atoms with Crippen molar-refractivity contribution in [3.8, 4) is 0 Å². The Hall–Kier alpha value is -3.21. The van der Waals surface area contributed by atoms with Crippen LogP contribution >= 0.6 is 11.6 Å². The van der Waals surface area contributed by atoms with Gasteiger partial charge in [-0.25, -0.2) is 4.98 Å². The van der Waals surface area contributed by atoms with Crippen molar-refractivity contribution in [2.45, 2.75) is 31.5 Å². The van der Waals surface area contributed by atoms with E-state index in [4.69, 9.17) is 26.2 Å². The molecule has 0 saturated carbocycles. The van der Waals surface area contributed by atoms with Crippen LogP contribution in [0.2, 0.25) is 5.02 Å². The summed E-state index contributed by atoms with van der Waals surface area (Å²) in [6.07, 6.45) is 4.22. The lowest BCUT2D eigenvalue weighted by atomic mass is 9.93. The number of hydrogen-bond acceptors (Lipinski definition) is 8. The first-order valence-corrected chi connectivity index (χ1v) is 11.3. The van der Waals surface area contributed by atoms with Crippen LogP contribution in [0.15, 0.2) is 54.4 Å². The van der Waals surface area contributed by atoms with Gasteiger partial charge in [-0.05, 0) is 42.7 Å². The van der Waals surface area contributed by atoms with Crippen molar-refractivity contribution in [3.63, 3.8) is 0 Å². The molecule has 34 heavy (non-hydrogen) atoms. The number of rotatable bonds is 12. The van der Waals surface area contributed by atoms with E-state index in [0.29, 0.717) is 43.3 Å². The minimum Gasteiger partial charge on any atom is -0.459 e. The molecular weight excluding hydrogens is 464 g/mol. The molecule has 2 aromatic rings. The molecule has 1 aromatic carbocycles. The molecule has 2 atom stereocenters. The van der Waals surface area contributed by atoms with Crippen LogP contribution in [0.4, 0.5) is 11.5 Å². The van der Waals surface area contributed by atoms with E-state index < -0.39 is 11.2 Å². The van der Waals surface area contributed by atoms with Crippen LogP contribution in [-0.4, -0.2) is 53.5 Å². The molecule has 11 heteroatoms. The topological polar surface area (TPSA) is 136 Å². The molecular formula is C23H27ClN4O6. The van der Waals surface area contributed by atoms with Gasteiger partial charge in [0.25, 0.3) is 11.6 Å². The van der Waals surface area contributed by atoms with Crippen molar-refractivity contribution in [3.05, 3.63) is 75.1 Å². The molecule has 0 unspecified atom stereocenters. The summed E-state index contributed by atoms with van der Waals surface area (Å²) in [6.45, 7) is 1.16. The largest absolute Gasteiger partial charge is 0.459 e. The highest BCUT2D eigenvalue weighted by atomic mass is 35.5. The molecule has 182 valence electrons. The number of hydrogen-bond donors (Lipinski definition) is 3. The second-order valence-electron chi connectivity index (χ2n) is 7.62. The summed E-state index contributed by atoms with van der Waals surface area (Å²) < 4.78 is 11.6. The molecule has 2 heterocycles. The zero-order chi connectivity index (χ0) is 24.3. The number of carbonyl (C=O) groups is 1. The third-order valence-corrected chi connectivity index (χ3v) is 5.36. The molecule has 1 aliphatic heterocycles. The van der Waals surface area contributed by atoms with E-state index in [-0.39, 0.29) is 36.4 Å². The van der Waals surface area contributed by atoms with E-state index in [1.54, 1.807) is 18.2 Å². The average Bonchev–Trinajstić information content (AvgIpc) is 2.85. The molecule has 0 radical (unpaired) electrons. The van der Waals surface area contributed by atoms with Gasteiger partial charge in [-0.1, -0.05) is 23.7 Å². The smallest absolute Gasteiger partial charge is 0.287 e. The Morgan fingerprint density at radius 2 is 2.03 bits per heavy atom. The first kappa shape index (κ1) is 25.4. The van der Waals surface area contributed by atoms with Crippen LogP contribution in [0.5, 0.6) is 0 Å². The Bertz CT molecular complexity index is 984. The molecule has 0 fully saturated rings. The van der Waals surface area contributed by atoms with Gasteiger partial charge in [0.1, 0.15) is 12.0 Å². The van der Waals surface area contributed by atoms with Crippen LogP contribution < -0.4 is 10.6 Å². The van der Waals surface area contributed by atoms with Crippen LogP contribution in [0.3, 0.4) is 0 Å². The molecule has 1 aliphatic rings. The number of carbonyl (C=O) groups excluding carboxylic acids is 1. The minimum absolute atomic E-state index is 0.0861. The van der Waals surface area contributed by atoms with E-state index in [1.165, 1.54) is 18.3 Å². The maximum Gasteiger partial charge on any atom is 0.287 e. The molecule has 0 bridgehead atoms. The molecule has 10 nitrogen and oxygen atoms in total. The molecule has 3 rings (SSSR count). The monoisotopic (exact) mass is 490 g/mol. The number of amides is 1. The zero-order valence-electron chi connectivity index (χ0n) is 18.5. The second kappa shape index (κ2) is 12.9. The maximum atomic E-state index is 12.7. The lowest BCUT2D eigenvalue weighted by Crippen LogP contribution is -2.35. The van der Waals surface area contributed by atoms with Crippen LogP contribution in [-0.2, 0) is 14.3 Å². The van der Waals surface area contributed by atoms with Gasteiger partial charge < -0.3 is 25.2 Å². The zero-order valence-corrected chi connectivity index (χ0v) is 19.2. The summed E-state index contributed by atoms with van der Waals surface area (Å²) in [5.74, 6) is 0.178. The Kier molecular flexibility index (Phi) is 9.62. The quantitative estimate of drug-likeness (QED) is 0.234. The molecule has 3 N–H and O–H groups in total. The van der Waals surface area contributed by atoms with Crippen molar-refractivity contribution in [2.75, 3.05) is 31.6 Å². The number of nitro groups is 1. The van der Waals surface area contributed by atoms with Crippen LogP contribution in [0.25, 0.3) is 0 Å². The van der Waals surface area contributed by atoms with E-state index >= 15 is 0 Å². The average molecular weight is 491 g/mol. The van der Waals surface area contributed by atoms with Crippen molar-refractivity contribution in [1.29, 1.82) is 0 Å². The van der Waals surface area contributed by atoms with E-state index in [9.17, 15) is 14.9 Å². The predicted molar refractivity (Wildman–Crippen MR) is 126 cm³/mol. The highest BCUT2D eigenvalue weighted by Crippen LogP contribution is 2.32. The number of aromatic nitrogens is 1. The van der Waals surface area contributed by atoms with Crippen molar-refractivity contribution >= 4 is 29.0 Å². The molecule has 1 amide bonds. The number of halogens is 1. The Morgan fingerprint density at radius 3 is 2.71 bits per heavy atom. The van der Waals surface area contributed by atoms with Gasteiger partial charge in [-0.15, -0.1) is 0 Å². The van der Waals surface area contributed by atoms with Crippen molar-refractivity contribution in [1.82, 2.24) is 10.3 Å². The first-order chi connectivity index (χ1) is 16.5. The summed E-state index contributed by atoms with van der Waals surface area (Å²) >= 11 is 6.00. The van der Waals surface area contributed by atoms with Gasteiger partial charge >= 0.3 is 0 Å². The van der Waals surface area contributed by atoms with E-state index in [0.717, 1.165) is 5.56 Å². The highest BCUT2D eigenvalue weighted by Gasteiger charge is 2.28. The number of anilines is 1. The number of nitrogens with one attached hydrogen (secondary N) is 2. The lowest BCUT2D eigenvalue weighted by Gasteiger charge is -2.29. The summed E-state index contributed by atoms with van der Waals surface area (Å²) in [7, 11) is 0. The number of aliphatic hydroxyl groups excluding tert-OH is 1. The summed E-state index contributed by atoms with van der Waals surface area (Å²) in [5.41, 5.74) is 0.900. The molecule has 0 aliphatic carbocycles. The SMILES string of the molecule is O=C(NCCNc1ccc([N+](=O)[O-])cn1)C1=C[C@@H](c2ccc(Cl)cc2)C[C@@H](OCCCCO)O1. The van der Waals surface area contributed by atoms with Crippen molar-refractivity contribution in [2.24, 2.45) is 0 Å².